The Morgan fingerprint density at radius 1 is 1.28 bits per heavy atom. The Morgan fingerprint density at radius 2 is 1.78 bits per heavy atom. The van der Waals surface area contributed by atoms with E-state index in [0.717, 1.165) is 14.0 Å². The monoisotopic (exact) mass is 280 g/mol. The molecule has 18 heavy (non-hydrogen) atoms. The number of rotatable bonds is 5. The molecule has 0 fully saturated rings. The van der Waals surface area contributed by atoms with Gasteiger partial charge in [-0.05, 0) is 13.8 Å². The number of esters is 1. The third-order valence-electron chi connectivity index (χ3n) is 2.35. The third-order valence-corrected chi connectivity index (χ3v) is 4.84. The highest BCUT2D eigenvalue weighted by atomic mass is 32.2. The maximum atomic E-state index is 11.9. The van der Waals surface area contributed by atoms with Gasteiger partial charge in [0.2, 0.25) is 5.91 Å². The molecular weight excluding hydrogens is 264 g/mol. The molecule has 0 bridgehead atoms. The fraction of sp³-hybridized carbons (Fsp3) is 0.667. The number of amides is 3. The normalized spacial score (nSPS) is 14.4. The van der Waals surface area contributed by atoms with Gasteiger partial charge in [0, 0.05) is 0 Å². The second-order valence-corrected chi connectivity index (χ2v) is 6.37. The molecule has 0 aliphatic carbocycles. The van der Waals surface area contributed by atoms with Crippen LogP contribution in [0.5, 0.6) is 0 Å². The number of imide groups is 1. The van der Waals surface area contributed by atoms with Gasteiger partial charge >= 0.3 is 12.0 Å². The number of urea groups is 1. The molecule has 0 saturated heterocycles. The van der Waals surface area contributed by atoms with E-state index in [9.17, 15) is 22.8 Å². The van der Waals surface area contributed by atoms with Gasteiger partial charge in [-0.2, -0.15) is 0 Å². The summed E-state index contributed by atoms with van der Waals surface area (Å²) in [7, 11) is -2.78. The minimum Gasteiger partial charge on any atom is -0.469 e. The number of sulfone groups is 1. The van der Waals surface area contributed by atoms with E-state index in [1.165, 1.54) is 6.92 Å². The fourth-order valence-corrected chi connectivity index (χ4v) is 2.58. The van der Waals surface area contributed by atoms with E-state index in [1.807, 2.05) is 0 Å². The summed E-state index contributed by atoms with van der Waals surface area (Å²) < 4.78 is 28.1. The van der Waals surface area contributed by atoms with Crippen molar-refractivity contribution < 1.29 is 27.5 Å². The molecule has 0 aromatic carbocycles. The van der Waals surface area contributed by atoms with Crippen molar-refractivity contribution >= 4 is 27.7 Å². The summed E-state index contributed by atoms with van der Waals surface area (Å²) in [5, 5.41) is -0.905. The number of carbonyl (C=O) groups is 3. The topological polar surface area (TPSA) is 133 Å². The van der Waals surface area contributed by atoms with Crippen molar-refractivity contribution in [2.45, 2.75) is 30.8 Å². The number of nitrogens with one attached hydrogen (secondary N) is 1. The summed E-state index contributed by atoms with van der Waals surface area (Å²) in [6.07, 6.45) is -0.368. The van der Waals surface area contributed by atoms with Crippen LogP contribution in [0.25, 0.3) is 0 Å². The second-order valence-electron chi connectivity index (χ2n) is 3.68. The number of hydrogen-bond acceptors (Lipinski definition) is 6. The molecule has 0 aliphatic rings. The molecule has 0 rings (SSSR count). The van der Waals surface area contributed by atoms with Gasteiger partial charge in [-0.3, -0.25) is 14.9 Å². The summed E-state index contributed by atoms with van der Waals surface area (Å²) in [6, 6.07) is -1.14. The maximum absolute atomic E-state index is 11.9. The van der Waals surface area contributed by atoms with Crippen LogP contribution < -0.4 is 11.1 Å². The predicted molar refractivity (Wildman–Crippen MR) is 62.2 cm³/mol. The summed E-state index contributed by atoms with van der Waals surface area (Å²) in [5.74, 6) is -1.73. The molecule has 0 aliphatic heterocycles. The van der Waals surface area contributed by atoms with Crippen LogP contribution in [0.2, 0.25) is 0 Å². The molecule has 0 aromatic heterocycles. The minimum atomic E-state index is -3.91. The maximum Gasteiger partial charge on any atom is 0.318 e. The average molecular weight is 280 g/mol. The number of hydrogen-bond donors (Lipinski definition) is 2. The second kappa shape index (κ2) is 6.34. The lowest BCUT2D eigenvalue weighted by Gasteiger charge is -2.16. The van der Waals surface area contributed by atoms with Crippen LogP contribution in [-0.2, 0) is 24.2 Å². The van der Waals surface area contributed by atoms with Crippen molar-refractivity contribution in [2.75, 3.05) is 7.11 Å². The van der Waals surface area contributed by atoms with E-state index in [1.54, 1.807) is 5.32 Å². The van der Waals surface area contributed by atoms with Crippen molar-refractivity contribution in [2.24, 2.45) is 5.73 Å². The standard InChI is InChI=1S/C9H16N2O6S/c1-5(4-7(12)17-3)18(15,16)6(2)8(13)11-9(10)14/h5-6H,4H2,1-3H3,(H3,10,11,13,14). The number of carbonyl (C=O) groups excluding carboxylic acids is 3. The summed E-state index contributed by atoms with van der Waals surface area (Å²) in [6.45, 7) is 2.39. The molecule has 9 heteroatoms. The first-order chi connectivity index (χ1) is 8.12. The van der Waals surface area contributed by atoms with E-state index >= 15 is 0 Å². The number of nitrogens with two attached hydrogens (primary N) is 1. The van der Waals surface area contributed by atoms with Gasteiger partial charge in [0.1, 0.15) is 5.25 Å². The quantitative estimate of drug-likeness (QED) is 0.616. The summed E-state index contributed by atoms with van der Waals surface area (Å²) in [4.78, 5) is 32.8. The zero-order valence-electron chi connectivity index (χ0n) is 10.3. The SMILES string of the molecule is COC(=O)CC(C)S(=O)(=O)C(C)C(=O)NC(N)=O. The molecule has 0 aromatic rings. The van der Waals surface area contributed by atoms with Crippen LogP contribution in [-0.4, -0.2) is 43.9 Å². The number of ether oxygens (including phenoxy) is 1. The Hall–Kier alpha value is -1.64. The van der Waals surface area contributed by atoms with Gasteiger partial charge in [0.15, 0.2) is 9.84 Å². The van der Waals surface area contributed by atoms with Crippen LogP contribution in [0.1, 0.15) is 20.3 Å². The Kier molecular flexibility index (Phi) is 5.76. The van der Waals surface area contributed by atoms with E-state index in [0.29, 0.717) is 0 Å². The van der Waals surface area contributed by atoms with Crippen LogP contribution in [0.15, 0.2) is 0 Å². The highest BCUT2D eigenvalue weighted by molar-refractivity contribution is 7.93. The first-order valence-corrected chi connectivity index (χ1v) is 6.63. The zero-order valence-corrected chi connectivity index (χ0v) is 11.1. The van der Waals surface area contributed by atoms with E-state index < -0.39 is 38.2 Å². The van der Waals surface area contributed by atoms with Crippen LogP contribution in [0.3, 0.4) is 0 Å². The first kappa shape index (κ1) is 16.4. The van der Waals surface area contributed by atoms with Crippen molar-refractivity contribution in [3.05, 3.63) is 0 Å². The largest absolute Gasteiger partial charge is 0.469 e. The molecule has 0 saturated carbocycles. The lowest BCUT2D eigenvalue weighted by Crippen LogP contribution is -2.45. The van der Waals surface area contributed by atoms with Crippen molar-refractivity contribution in [1.29, 1.82) is 0 Å². The van der Waals surface area contributed by atoms with Gasteiger partial charge in [-0.15, -0.1) is 0 Å². The van der Waals surface area contributed by atoms with Gasteiger partial charge in [-0.1, -0.05) is 0 Å². The number of methoxy groups -OCH3 is 1. The van der Waals surface area contributed by atoms with Gasteiger partial charge in [0.05, 0.1) is 18.8 Å². The van der Waals surface area contributed by atoms with E-state index in [4.69, 9.17) is 5.73 Å². The lowest BCUT2D eigenvalue weighted by molar-refractivity contribution is -0.140. The molecule has 0 heterocycles. The number of primary amides is 1. The molecule has 0 spiro atoms. The minimum absolute atomic E-state index is 0.368. The Bertz CT molecular complexity index is 444. The van der Waals surface area contributed by atoms with Crippen LogP contribution >= 0.6 is 0 Å². The molecular formula is C9H16N2O6S. The molecule has 104 valence electrons. The highest BCUT2D eigenvalue weighted by Gasteiger charge is 2.34. The van der Waals surface area contributed by atoms with Crippen LogP contribution in [0.4, 0.5) is 4.79 Å². The van der Waals surface area contributed by atoms with Gasteiger partial charge in [-0.25, -0.2) is 13.2 Å². The average Bonchev–Trinajstić information content (AvgIpc) is 2.26. The van der Waals surface area contributed by atoms with Crippen molar-refractivity contribution in [1.82, 2.24) is 5.32 Å². The van der Waals surface area contributed by atoms with E-state index in [-0.39, 0.29) is 6.42 Å². The van der Waals surface area contributed by atoms with Crippen molar-refractivity contribution in [3.63, 3.8) is 0 Å². The lowest BCUT2D eigenvalue weighted by atomic mass is 10.3. The fourth-order valence-electron chi connectivity index (χ4n) is 1.15. The Balaban J connectivity index is 4.86. The molecule has 2 atom stereocenters. The van der Waals surface area contributed by atoms with Gasteiger partial charge < -0.3 is 10.5 Å². The van der Waals surface area contributed by atoms with Crippen LogP contribution in [0, 0.1) is 0 Å². The first-order valence-electron chi connectivity index (χ1n) is 5.02. The molecule has 2 unspecified atom stereocenters. The smallest absolute Gasteiger partial charge is 0.318 e. The van der Waals surface area contributed by atoms with E-state index in [2.05, 4.69) is 4.74 Å². The summed E-state index contributed by atoms with van der Waals surface area (Å²) >= 11 is 0. The Labute approximate surface area is 105 Å². The summed E-state index contributed by atoms with van der Waals surface area (Å²) in [5.41, 5.74) is 4.71. The molecule has 0 radical (unpaired) electrons. The van der Waals surface area contributed by atoms with Crippen molar-refractivity contribution in [3.8, 4) is 0 Å². The Morgan fingerprint density at radius 3 is 2.17 bits per heavy atom. The molecule has 3 amide bonds. The highest BCUT2D eigenvalue weighted by Crippen LogP contribution is 2.13. The van der Waals surface area contributed by atoms with Gasteiger partial charge in [0.25, 0.3) is 0 Å². The third kappa shape index (κ3) is 4.32. The zero-order chi connectivity index (χ0) is 14.5. The molecule has 3 N–H and O–H groups in total. The predicted octanol–water partition coefficient (Wildman–Crippen LogP) is -1.06. The molecule has 8 nitrogen and oxygen atoms in total.